The van der Waals surface area contributed by atoms with Gasteiger partial charge in [0, 0.05) is 22.5 Å². The van der Waals surface area contributed by atoms with Crippen LogP contribution in [-0.2, 0) is 9.53 Å². The van der Waals surface area contributed by atoms with E-state index in [1.807, 2.05) is 0 Å². The second-order valence-electron chi connectivity index (χ2n) is 6.56. The minimum atomic E-state index is -4.69. The maximum Gasteiger partial charge on any atom is 0.422 e. The van der Waals surface area contributed by atoms with Crippen LogP contribution in [-0.4, -0.2) is 69.3 Å². The Morgan fingerprint density at radius 2 is 1.96 bits per heavy atom. The van der Waals surface area contributed by atoms with Gasteiger partial charge in [-0.15, -0.1) is 0 Å². The summed E-state index contributed by atoms with van der Waals surface area (Å²) in [6.45, 7) is -2.51. The highest BCUT2D eigenvalue weighted by Gasteiger charge is 2.64. The number of nitrogens with zero attached hydrogens (tertiary/aromatic N) is 3. The Hall–Kier alpha value is -2.44. The predicted molar refractivity (Wildman–Crippen MR) is 77.5 cm³/mol. The van der Waals surface area contributed by atoms with Crippen molar-refractivity contribution in [3.63, 3.8) is 0 Å². The highest BCUT2D eigenvalue weighted by molar-refractivity contribution is 5.66. The summed E-state index contributed by atoms with van der Waals surface area (Å²) >= 11 is 0. The summed E-state index contributed by atoms with van der Waals surface area (Å²) in [7, 11) is 0. The van der Waals surface area contributed by atoms with Gasteiger partial charge in [-0.05, 0) is 0 Å². The molecular weight excluding hydrogens is 367 g/mol. The molecular formula is C13H16F3N3O7. The molecule has 0 aromatic heterocycles. The fraction of sp³-hybridized carbons (Fsp3) is 0.769. The molecule has 146 valence electrons. The molecule has 1 aliphatic heterocycles. The smallest absolute Gasteiger partial charge is 0.422 e. The van der Waals surface area contributed by atoms with E-state index in [-0.39, 0.29) is 26.1 Å². The van der Waals surface area contributed by atoms with E-state index < -0.39 is 58.3 Å². The van der Waals surface area contributed by atoms with Gasteiger partial charge in [0.2, 0.25) is 5.54 Å². The molecule has 26 heavy (non-hydrogen) atoms. The predicted octanol–water partition coefficient (Wildman–Crippen LogP) is 1.06. The molecule has 0 spiro atoms. The number of likely N-dealkylation sites (tertiary alicyclic amines) is 1. The summed E-state index contributed by atoms with van der Waals surface area (Å²) in [5.41, 5.74) is -3.93. The van der Waals surface area contributed by atoms with E-state index in [4.69, 9.17) is 5.11 Å². The van der Waals surface area contributed by atoms with Crippen molar-refractivity contribution < 1.29 is 37.7 Å². The highest BCUT2D eigenvalue weighted by atomic mass is 19.4. The van der Waals surface area contributed by atoms with Crippen molar-refractivity contribution >= 4 is 5.97 Å². The Morgan fingerprint density at radius 1 is 1.31 bits per heavy atom. The normalized spacial score (nSPS) is 29.0. The fourth-order valence-electron chi connectivity index (χ4n) is 3.47. The Labute approximate surface area is 144 Å². The number of fused-ring (bicyclic) bond motifs is 2. The first-order chi connectivity index (χ1) is 11.9. The van der Waals surface area contributed by atoms with Crippen LogP contribution in [0.2, 0.25) is 0 Å². The molecule has 2 aliphatic rings. The Kier molecular flexibility index (Phi) is 5.12. The molecule has 2 bridgehead atoms. The topological polar surface area (TPSA) is 136 Å². The van der Waals surface area contributed by atoms with Crippen LogP contribution < -0.4 is 0 Å². The molecule has 2 atom stereocenters. The number of piperidine rings is 1. The zero-order chi connectivity index (χ0) is 19.8. The van der Waals surface area contributed by atoms with E-state index >= 15 is 0 Å². The van der Waals surface area contributed by atoms with Crippen molar-refractivity contribution in [1.29, 1.82) is 0 Å². The van der Waals surface area contributed by atoms with Gasteiger partial charge in [-0.25, -0.2) is 0 Å². The van der Waals surface area contributed by atoms with Crippen LogP contribution >= 0.6 is 0 Å². The summed E-state index contributed by atoms with van der Waals surface area (Å²) in [5.74, 6) is -1.62. The van der Waals surface area contributed by atoms with E-state index in [1.165, 1.54) is 4.90 Å². The van der Waals surface area contributed by atoms with Crippen LogP contribution in [0.1, 0.15) is 19.3 Å². The molecule has 0 radical (unpaired) electrons. The van der Waals surface area contributed by atoms with E-state index in [1.54, 1.807) is 0 Å². The number of carbonyl (C=O) groups is 1. The second-order valence-corrected chi connectivity index (χ2v) is 6.56. The largest absolute Gasteiger partial charge is 0.488 e. The molecule has 0 aromatic rings. The molecule has 10 nitrogen and oxygen atoms in total. The molecule has 2 rings (SSSR count). The average molecular weight is 383 g/mol. The van der Waals surface area contributed by atoms with Crippen molar-refractivity contribution in [3.05, 3.63) is 32.1 Å². The third-order valence-corrected chi connectivity index (χ3v) is 4.40. The lowest BCUT2D eigenvalue weighted by molar-refractivity contribution is -0.620. The van der Waals surface area contributed by atoms with Crippen LogP contribution in [0.15, 0.2) is 11.8 Å². The summed E-state index contributed by atoms with van der Waals surface area (Å²) in [4.78, 5) is 33.7. The zero-order valence-electron chi connectivity index (χ0n) is 13.4. The summed E-state index contributed by atoms with van der Waals surface area (Å²) < 4.78 is 41.7. The molecule has 1 saturated heterocycles. The molecule has 0 amide bonds. The van der Waals surface area contributed by atoms with Gasteiger partial charge in [0.25, 0.3) is 5.54 Å². The maximum atomic E-state index is 12.4. The van der Waals surface area contributed by atoms with Crippen molar-refractivity contribution in [2.45, 2.75) is 36.5 Å². The molecule has 1 fully saturated rings. The molecule has 13 heteroatoms. The first-order valence-corrected chi connectivity index (χ1v) is 7.52. The molecule has 0 aromatic carbocycles. The van der Waals surface area contributed by atoms with Crippen LogP contribution in [0, 0.1) is 20.2 Å². The molecule has 1 heterocycles. The average Bonchev–Trinajstić information content (AvgIpc) is 2.49. The lowest BCUT2D eigenvalue weighted by Gasteiger charge is -2.44. The first kappa shape index (κ1) is 19.9. The number of nitro groups is 2. The van der Waals surface area contributed by atoms with Crippen LogP contribution in [0.4, 0.5) is 13.2 Å². The van der Waals surface area contributed by atoms with Gasteiger partial charge in [-0.2, -0.15) is 13.2 Å². The van der Waals surface area contributed by atoms with Gasteiger partial charge in [-0.3, -0.25) is 29.9 Å². The van der Waals surface area contributed by atoms with Crippen molar-refractivity contribution in [3.8, 4) is 0 Å². The SMILES string of the molecule is O=C(O)CCN1C[C@@]2([N+](=O)[O-])C=C(OCC(F)(F)F)C[C@@]([N+](=O)[O-])(C1)C2. The van der Waals surface area contributed by atoms with Gasteiger partial charge < -0.3 is 9.84 Å². The number of hydrogen-bond donors (Lipinski definition) is 1. The lowest BCUT2D eigenvalue weighted by Crippen LogP contribution is -2.66. The van der Waals surface area contributed by atoms with Crippen LogP contribution in [0.5, 0.6) is 0 Å². The van der Waals surface area contributed by atoms with Crippen molar-refractivity contribution in [1.82, 2.24) is 4.90 Å². The number of aliphatic carboxylic acids is 1. The minimum Gasteiger partial charge on any atom is -0.488 e. The number of carboxylic acids is 1. The Bertz CT molecular complexity index is 653. The van der Waals surface area contributed by atoms with E-state index in [0.29, 0.717) is 0 Å². The number of ether oxygens (including phenoxy) is 1. The molecule has 1 aliphatic carbocycles. The summed E-state index contributed by atoms with van der Waals surface area (Å²) in [5, 5.41) is 32.0. The lowest BCUT2D eigenvalue weighted by atomic mass is 9.71. The minimum absolute atomic E-state index is 0.146. The number of carboxylic acid groups (broad SMARTS) is 1. The molecule has 1 N–H and O–H groups in total. The first-order valence-electron chi connectivity index (χ1n) is 7.52. The van der Waals surface area contributed by atoms with Crippen molar-refractivity contribution in [2.75, 3.05) is 26.2 Å². The van der Waals surface area contributed by atoms with Crippen molar-refractivity contribution in [2.24, 2.45) is 0 Å². The number of rotatable bonds is 7. The van der Waals surface area contributed by atoms with Gasteiger partial charge >= 0.3 is 12.1 Å². The quantitative estimate of drug-likeness (QED) is 0.509. The molecule has 0 saturated carbocycles. The van der Waals surface area contributed by atoms with Gasteiger partial charge in [-0.1, -0.05) is 0 Å². The van der Waals surface area contributed by atoms with Crippen LogP contribution in [0.25, 0.3) is 0 Å². The monoisotopic (exact) mass is 383 g/mol. The Balaban J connectivity index is 2.36. The van der Waals surface area contributed by atoms with Crippen LogP contribution in [0.3, 0.4) is 0 Å². The van der Waals surface area contributed by atoms with Gasteiger partial charge in [0.05, 0.1) is 32.4 Å². The van der Waals surface area contributed by atoms with E-state index in [0.717, 1.165) is 6.08 Å². The molecule has 0 unspecified atom stereocenters. The van der Waals surface area contributed by atoms with Gasteiger partial charge in [0.1, 0.15) is 5.76 Å². The summed E-state index contributed by atoms with van der Waals surface area (Å²) in [6.07, 6.45) is -5.20. The third kappa shape index (κ3) is 4.20. The number of halogens is 3. The highest BCUT2D eigenvalue weighted by Crippen LogP contribution is 2.43. The number of alkyl halides is 3. The number of hydrogen-bond acceptors (Lipinski definition) is 7. The third-order valence-electron chi connectivity index (χ3n) is 4.40. The zero-order valence-corrected chi connectivity index (χ0v) is 13.4. The van der Waals surface area contributed by atoms with E-state index in [9.17, 15) is 38.2 Å². The fourth-order valence-corrected chi connectivity index (χ4v) is 3.47. The van der Waals surface area contributed by atoms with E-state index in [2.05, 4.69) is 4.74 Å². The maximum absolute atomic E-state index is 12.4. The second kappa shape index (κ2) is 6.70. The Morgan fingerprint density at radius 3 is 2.46 bits per heavy atom. The summed E-state index contributed by atoms with van der Waals surface area (Å²) in [6, 6.07) is 0. The standard InChI is InChI=1S/C13H16F3N3O7/c14-13(15,16)8-26-9-3-11(18(22)23)5-12(4-9,19(24)25)7-17(6-11)2-1-10(20)21/h3H,1-2,4-8H2,(H,20,21)/t11-,12+/m1/s1. The van der Waals surface area contributed by atoms with Gasteiger partial charge in [0.15, 0.2) is 6.61 Å².